The van der Waals surface area contributed by atoms with E-state index in [0.29, 0.717) is 34.4 Å². The van der Waals surface area contributed by atoms with Gasteiger partial charge in [-0.1, -0.05) is 0 Å². The zero-order valence-corrected chi connectivity index (χ0v) is 19.3. The summed E-state index contributed by atoms with van der Waals surface area (Å²) in [5, 5.41) is 0. The lowest BCUT2D eigenvalue weighted by Gasteiger charge is -2.24. The van der Waals surface area contributed by atoms with E-state index in [1.165, 1.54) is 11.8 Å². The molecule has 3 aromatic rings. The quantitative estimate of drug-likeness (QED) is 0.344. The van der Waals surface area contributed by atoms with Gasteiger partial charge < -0.3 is 19.1 Å². The van der Waals surface area contributed by atoms with Gasteiger partial charge in [-0.3, -0.25) is 4.79 Å². The number of ether oxygens (including phenoxy) is 3. The monoisotopic (exact) mass is 535 g/mol. The van der Waals surface area contributed by atoms with Crippen molar-refractivity contribution in [3.8, 4) is 23.1 Å². The number of amides is 1. The Kier molecular flexibility index (Phi) is 8.05. The number of carbonyl (C=O) groups is 1. The molecule has 6 nitrogen and oxygen atoms in total. The molecule has 1 heterocycles. The molecule has 0 spiro atoms. The van der Waals surface area contributed by atoms with Crippen LogP contribution in [0.1, 0.15) is 12.5 Å². The van der Waals surface area contributed by atoms with Crippen LogP contribution >= 0.6 is 22.6 Å². The van der Waals surface area contributed by atoms with Crippen LogP contribution in [0.5, 0.6) is 23.1 Å². The van der Waals surface area contributed by atoms with Gasteiger partial charge in [-0.2, -0.15) is 0 Å². The second kappa shape index (κ2) is 10.9. The van der Waals surface area contributed by atoms with Gasteiger partial charge in [0.1, 0.15) is 36.2 Å². The molecule has 31 heavy (non-hydrogen) atoms. The summed E-state index contributed by atoms with van der Waals surface area (Å²) >= 11 is 2.21. The summed E-state index contributed by atoms with van der Waals surface area (Å²) in [5.74, 6) is 1.78. The summed E-state index contributed by atoms with van der Waals surface area (Å²) in [6, 6.07) is 16.2. The number of alkyl halides is 1. The minimum absolute atomic E-state index is 0.0759. The molecular weight excluding hydrogens is 513 g/mol. The van der Waals surface area contributed by atoms with Crippen LogP contribution in [0.15, 0.2) is 60.8 Å². The lowest BCUT2D eigenvalue weighted by atomic mass is 10.1. The smallest absolute Gasteiger partial charge is 0.243 e. The number of aromatic nitrogens is 1. The molecule has 0 saturated heterocycles. The van der Waals surface area contributed by atoms with Crippen LogP contribution in [0.4, 0.5) is 10.1 Å². The molecule has 0 aliphatic rings. The van der Waals surface area contributed by atoms with Gasteiger partial charge in [0.25, 0.3) is 0 Å². The standard InChI is InChI=1S/C23H22FIN2O4/c1-16(28)27(15-17-14-20(29-2)9-10-22(17)30-13-11-24)21-4-3-12-26-23(21)31-19-7-5-18(25)6-8-19/h3-10,12,14H,11,13,15H2,1-2H3/i24-1. The third-order valence-electron chi connectivity index (χ3n) is 4.38. The molecule has 1 aromatic heterocycles. The normalized spacial score (nSPS) is 10.5. The molecule has 162 valence electrons. The van der Waals surface area contributed by atoms with Crippen molar-refractivity contribution in [2.75, 3.05) is 25.3 Å². The average Bonchev–Trinajstić information content (AvgIpc) is 2.78. The number of anilines is 1. The predicted octanol–water partition coefficient (Wildman–Crippen LogP) is 5.39. The second-order valence-electron chi connectivity index (χ2n) is 6.50. The summed E-state index contributed by atoms with van der Waals surface area (Å²) in [6.45, 7) is 0.943. The Labute approximate surface area is 194 Å². The molecule has 0 unspecified atom stereocenters. The Balaban J connectivity index is 1.95. The van der Waals surface area contributed by atoms with E-state index in [-0.39, 0.29) is 19.1 Å². The highest BCUT2D eigenvalue weighted by molar-refractivity contribution is 14.1. The van der Waals surface area contributed by atoms with E-state index >= 15 is 0 Å². The topological polar surface area (TPSA) is 60.9 Å². The molecular formula is C23H22FIN2O4. The minimum Gasteiger partial charge on any atom is -0.497 e. The average molecular weight is 535 g/mol. The van der Waals surface area contributed by atoms with E-state index in [1.54, 1.807) is 43.6 Å². The number of methoxy groups -OCH3 is 1. The first kappa shape index (κ1) is 22.8. The Morgan fingerprint density at radius 2 is 1.87 bits per heavy atom. The number of pyridine rings is 1. The van der Waals surface area contributed by atoms with Crippen LogP contribution in [0, 0.1) is 3.57 Å². The number of rotatable bonds is 9. The van der Waals surface area contributed by atoms with Gasteiger partial charge in [-0.25, -0.2) is 9.37 Å². The van der Waals surface area contributed by atoms with Crippen LogP contribution in [-0.4, -0.2) is 31.3 Å². The number of nitrogens with zero attached hydrogens (tertiary/aromatic N) is 2. The van der Waals surface area contributed by atoms with Crippen molar-refractivity contribution >= 4 is 34.2 Å². The molecule has 0 N–H and O–H groups in total. The maximum Gasteiger partial charge on any atom is 0.243 e. The molecule has 0 bridgehead atoms. The first-order chi connectivity index (χ1) is 15.0. The van der Waals surface area contributed by atoms with Gasteiger partial charge in [-0.15, -0.1) is 0 Å². The fourth-order valence-electron chi connectivity index (χ4n) is 2.91. The number of hydrogen-bond acceptors (Lipinski definition) is 5. The third-order valence-corrected chi connectivity index (χ3v) is 5.10. The molecule has 0 radical (unpaired) electrons. The van der Waals surface area contributed by atoms with Crippen molar-refractivity contribution in [1.82, 2.24) is 4.98 Å². The first-order valence-electron chi connectivity index (χ1n) is 9.54. The van der Waals surface area contributed by atoms with Crippen molar-refractivity contribution in [3.05, 3.63) is 69.9 Å². The van der Waals surface area contributed by atoms with Crippen LogP contribution in [0.25, 0.3) is 0 Å². The zero-order valence-electron chi connectivity index (χ0n) is 17.2. The Morgan fingerprint density at radius 3 is 2.55 bits per heavy atom. The molecule has 0 fully saturated rings. The number of halogens is 2. The highest BCUT2D eigenvalue weighted by atomic mass is 127. The van der Waals surface area contributed by atoms with Gasteiger partial charge in [0.05, 0.1) is 13.7 Å². The number of benzene rings is 2. The van der Waals surface area contributed by atoms with Crippen molar-refractivity contribution in [2.45, 2.75) is 13.5 Å². The lowest BCUT2D eigenvalue weighted by Crippen LogP contribution is -2.28. The maximum atomic E-state index is 12.7. The summed E-state index contributed by atoms with van der Waals surface area (Å²) < 4.78 is 30.5. The van der Waals surface area contributed by atoms with Crippen LogP contribution in [0.2, 0.25) is 0 Å². The van der Waals surface area contributed by atoms with E-state index < -0.39 is 6.67 Å². The minimum atomic E-state index is -0.613. The molecule has 3 rings (SSSR count). The van der Waals surface area contributed by atoms with Gasteiger partial charge in [-0.05, 0) is 77.2 Å². The fraction of sp³-hybridized carbons (Fsp3) is 0.217. The SMILES string of the molecule is COc1ccc(OCC[18F])c(CN(C(C)=O)c2cccnc2Oc2ccc(I)cc2)c1. The van der Waals surface area contributed by atoms with Crippen molar-refractivity contribution in [3.63, 3.8) is 0 Å². The van der Waals surface area contributed by atoms with Crippen molar-refractivity contribution in [1.29, 1.82) is 0 Å². The van der Waals surface area contributed by atoms with Gasteiger partial charge in [0.2, 0.25) is 11.8 Å². The summed E-state index contributed by atoms with van der Waals surface area (Å²) in [6.07, 6.45) is 1.60. The Hall–Kier alpha value is -2.88. The van der Waals surface area contributed by atoms with Crippen LogP contribution in [0.3, 0.4) is 0 Å². The Morgan fingerprint density at radius 1 is 1.13 bits per heavy atom. The highest BCUT2D eigenvalue weighted by Crippen LogP contribution is 2.33. The number of carbonyl (C=O) groups excluding carboxylic acids is 1. The largest absolute Gasteiger partial charge is 0.497 e. The van der Waals surface area contributed by atoms with E-state index in [2.05, 4.69) is 27.6 Å². The fourth-order valence-corrected chi connectivity index (χ4v) is 3.27. The molecule has 0 atom stereocenters. The van der Waals surface area contributed by atoms with E-state index in [1.807, 2.05) is 24.3 Å². The summed E-state index contributed by atoms with van der Waals surface area (Å²) in [5.41, 5.74) is 1.18. The van der Waals surface area contributed by atoms with Gasteiger partial charge >= 0.3 is 0 Å². The van der Waals surface area contributed by atoms with E-state index in [4.69, 9.17) is 14.2 Å². The van der Waals surface area contributed by atoms with Gasteiger partial charge in [0.15, 0.2) is 0 Å². The van der Waals surface area contributed by atoms with Crippen molar-refractivity contribution < 1.29 is 23.4 Å². The molecule has 8 heteroatoms. The molecule has 0 aliphatic heterocycles. The Bertz CT molecular complexity index is 1030. The maximum absolute atomic E-state index is 12.7. The molecule has 0 aliphatic carbocycles. The molecule has 0 saturated carbocycles. The van der Waals surface area contributed by atoms with Gasteiger partial charge in [0, 0.05) is 22.3 Å². The van der Waals surface area contributed by atoms with Crippen LogP contribution < -0.4 is 19.1 Å². The molecule has 1 amide bonds. The van der Waals surface area contributed by atoms with E-state index in [0.717, 1.165) is 3.57 Å². The lowest BCUT2D eigenvalue weighted by molar-refractivity contribution is -0.116. The highest BCUT2D eigenvalue weighted by Gasteiger charge is 2.20. The van der Waals surface area contributed by atoms with Crippen molar-refractivity contribution in [2.24, 2.45) is 0 Å². The summed E-state index contributed by atoms with van der Waals surface area (Å²) in [7, 11) is 1.55. The first-order valence-corrected chi connectivity index (χ1v) is 10.6. The zero-order chi connectivity index (χ0) is 22.2. The summed E-state index contributed by atoms with van der Waals surface area (Å²) in [4.78, 5) is 18.4. The van der Waals surface area contributed by atoms with E-state index in [9.17, 15) is 9.18 Å². The van der Waals surface area contributed by atoms with Crippen LogP contribution in [-0.2, 0) is 11.3 Å². The number of hydrogen-bond donors (Lipinski definition) is 0. The second-order valence-corrected chi connectivity index (χ2v) is 7.75. The molecule has 2 aromatic carbocycles. The third kappa shape index (κ3) is 6.06. The predicted molar refractivity (Wildman–Crippen MR) is 125 cm³/mol.